The van der Waals surface area contributed by atoms with Gasteiger partial charge in [-0.05, 0) is 31.2 Å². The van der Waals surface area contributed by atoms with E-state index in [1.165, 1.54) is 0 Å². The van der Waals surface area contributed by atoms with Crippen LogP contribution in [0.2, 0.25) is 0 Å². The fraction of sp³-hybridized carbons (Fsp3) is 0.150. The number of hydrogen-bond donors (Lipinski definition) is 1. The van der Waals surface area contributed by atoms with Crippen LogP contribution < -0.4 is 10.6 Å². The van der Waals surface area contributed by atoms with Crippen molar-refractivity contribution in [1.82, 2.24) is 9.97 Å². The zero-order chi connectivity index (χ0) is 15.9. The van der Waals surface area contributed by atoms with Gasteiger partial charge in [0.25, 0.3) is 0 Å². The van der Waals surface area contributed by atoms with Crippen LogP contribution >= 0.6 is 0 Å². The second-order valence-electron chi connectivity index (χ2n) is 4.53. The number of aromatic amines is 1. The molecule has 0 fully saturated rings. The number of fused-ring (bicyclic) bond motifs is 1. The van der Waals surface area contributed by atoms with Crippen LogP contribution in [0.25, 0.3) is 34.3 Å². The second-order valence-corrected chi connectivity index (χ2v) is 4.53. The van der Waals surface area contributed by atoms with Crippen LogP contribution in [0.1, 0.15) is 20.8 Å². The highest BCUT2D eigenvalue weighted by Crippen LogP contribution is 2.19. The van der Waals surface area contributed by atoms with Crippen molar-refractivity contribution in [2.45, 2.75) is 20.8 Å². The SMILES string of the molecule is C#C/C=c1/[nH]c2ccc(-c3ccccn3)cc2/c1=C/C.CC. The summed E-state index contributed by atoms with van der Waals surface area (Å²) in [6.07, 6.45) is 11.0. The third-order valence-electron chi connectivity index (χ3n) is 3.35. The number of pyridine rings is 1. The number of aromatic nitrogens is 2. The van der Waals surface area contributed by atoms with Gasteiger partial charge in [-0.25, -0.2) is 0 Å². The molecular weight excluding hydrogens is 268 g/mol. The summed E-state index contributed by atoms with van der Waals surface area (Å²) in [6, 6.07) is 12.2. The molecule has 0 atom stereocenters. The molecule has 2 heteroatoms. The summed E-state index contributed by atoms with van der Waals surface area (Å²) in [5.41, 5.74) is 3.16. The Morgan fingerprint density at radius 2 is 2.00 bits per heavy atom. The third-order valence-corrected chi connectivity index (χ3v) is 3.35. The Hall–Kier alpha value is -2.79. The maximum absolute atomic E-state index is 5.38. The predicted octanol–water partition coefficient (Wildman–Crippen LogP) is 3.47. The second kappa shape index (κ2) is 7.28. The van der Waals surface area contributed by atoms with E-state index in [2.05, 4.69) is 40.2 Å². The van der Waals surface area contributed by atoms with Crippen LogP contribution in [0.5, 0.6) is 0 Å². The Morgan fingerprint density at radius 3 is 2.64 bits per heavy atom. The van der Waals surface area contributed by atoms with Crippen LogP contribution in [0.15, 0.2) is 42.6 Å². The van der Waals surface area contributed by atoms with Crippen molar-refractivity contribution in [2.75, 3.05) is 0 Å². The van der Waals surface area contributed by atoms with E-state index in [1.807, 2.05) is 39.0 Å². The van der Waals surface area contributed by atoms with Gasteiger partial charge in [0.15, 0.2) is 0 Å². The number of terminal acetylenes is 1. The van der Waals surface area contributed by atoms with Crippen molar-refractivity contribution >= 4 is 23.1 Å². The van der Waals surface area contributed by atoms with Crippen molar-refractivity contribution in [3.63, 3.8) is 0 Å². The lowest BCUT2D eigenvalue weighted by Gasteiger charge is -2.00. The number of benzene rings is 1. The molecule has 0 aliphatic rings. The van der Waals surface area contributed by atoms with E-state index in [1.54, 1.807) is 12.3 Å². The first kappa shape index (κ1) is 15.6. The van der Waals surface area contributed by atoms with Crippen molar-refractivity contribution in [3.05, 3.63) is 53.2 Å². The summed E-state index contributed by atoms with van der Waals surface area (Å²) in [6.45, 7) is 6.02. The monoisotopic (exact) mass is 288 g/mol. The molecule has 2 heterocycles. The van der Waals surface area contributed by atoms with Gasteiger partial charge in [-0.3, -0.25) is 4.98 Å². The van der Waals surface area contributed by atoms with Crippen LogP contribution in [-0.4, -0.2) is 9.97 Å². The summed E-state index contributed by atoms with van der Waals surface area (Å²) >= 11 is 0. The van der Waals surface area contributed by atoms with Gasteiger partial charge in [0.2, 0.25) is 0 Å². The normalized spacial score (nSPS) is 11.9. The van der Waals surface area contributed by atoms with Gasteiger partial charge in [0.05, 0.1) is 11.0 Å². The molecule has 0 aliphatic heterocycles. The average Bonchev–Trinajstić information content (AvgIpc) is 2.94. The van der Waals surface area contributed by atoms with Crippen LogP contribution in [0.4, 0.5) is 0 Å². The first-order valence-corrected chi connectivity index (χ1v) is 7.49. The zero-order valence-corrected chi connectivity index (χ0v) is 13.2. The quantitative estimate of drug-likeness (QED) is 0.682. The number of H-pyrrole nitrogens is 1. The van der Waals surface area contributed by atoms with Crippen LogP contribution in [0, 0.1) is 12.3 Å². The summed E-state index contributed by atoms with van der Waals surface area (Å²) < 4.78 is 0. The zero-order valence-electron chi connectivity index (χ0n) is 13.2. The molecule has 0 spiro atoms. The number of rotatable bonds is 1. The molecule has 22 heavy (non-hydrogen) atoms. The third kappa shape index (κ3) is 2.94. The maximum atomic E-state index is 5.38. The molecule has 3 rings (SSSR count). The van der Waals surface area contributed by atoms with E-state index in [-0.39, 0.29) is 0 Å². The Kier molecular flexibility index (Phi) is 5.16. The minimum Gasteiger partial charge on any atom is -0.354 e. The van der Waals surface area contributed by atoms with E-state index in [0.29, 0.717) is 0 Å². The molecule has 2 aromatic heterocycles. The first-order valence-electron chi connectivity index (χ1n) is 7.49. The van der Waals surface area contributed by atoms with Crippen molar-refractivity contribution in [1.29, 1.82) is 0 Å². The molecule has 0 bridgehead atoms. The van der Waals surface area contributed by atoms with Crippen LogP contribution in [-0.2, 0) is 0 Å². The lowest BCUT2D eigenvalue weighted by molar-refractivity contribution is 1.33. The molecular formula is C20H20N2. The summed E-state index contributed by atoms with van der Waals surface area (Å²) in [5.74, 6) is 2.58. The molecule has 0 saturated heterocycles. The lowest BCUT2D eigenvalue weighted by atomic mass is 10.1. The minimum absolute atomic E-state index is 0.972. The highest BCUT2D eigenvalue weighted by atomic mass is 14.7. The van der Waals surface area contributed by atoms with Crippen molar-refractivity contribution in [2.24, 2.45) is 0 Å². The standard InChI is InChI=1S/C18H14N2.C2H6/c1-3-7-17-14(4-2)15-12-13(9-10-18(15)20-17)16-8-5-6-11-19-16;1-2/h1,4-12,20H,2H3;1-2H3/b14-4-,17-7+;. The van der Waals surface area contributed by atoms with E-state index >= 15 is 0 Å². The molecule has 3 aromatic rings. The summed E-state index contributed by atoms with van der Waals surface area (Å²) in [5, 5.41) is 3.27. The van der Waals surface area contributed by atoms with Gasteiger partial charge in [-0.15, -0.1) is 6.42 Å². The molecule has 1 aromatic carbocycles. The molecule has 0 radical (unpaired) electrons. The largest absolute Gasteiger partial charge is 0.354 e. The first-order chi connectivity index (χ1) is 10.8. The molecule has 0 saturated carbocycles. The summed E-state index contributed by atoms with van der Waals surface area (Å²) in [4.78, 5) is 7.74. The molecule has 2 nitrogen and oxygen atoms in total. The van der Waals surface area contributed by atoms with Crippen molar-refractivity contribution < 1.29 is 0 Å². The lowest BCUT2D eigenvalue weighted by Crippen LogP contribution is -2.21. The molecule has 0 unspecified atom stereocenters. The van der Waals surface area contributed by atoms with Gasteiger partial charge in [-0.1, -0.05) is 38.0 Å². The topological polar surface area (TPSA) is 28.7 Å². The van der Waals surface area contributed by atoms with E-state index in [4.69, 9.17) is 6.42 Å². The van der Waals surface area contributed by atoms with Gasteiger partial charge in [-0.2, -0.15) is 0 Å². The maximum Gasteiger partial charge on any atom is 0.0702 e. The van der Waals surface area contributed by atoms with Crippen molar-refractivity contribution in [3.8, 4) is 23.6 Å². The highest BCUT2D eigenvalue weighted by molar-refractivity contribution is 5.86. The molecule has 1 N–H and O–H groups in total. The van der Waals surface area contributed by atoms with E-state index in [9.17, 15) is 0 Å². The number of nitrogens with zero attached hydrogens (tertiary/aromatic N) is 1. The molecule has 0 amide bonds. The minimum atomic E-state index is 0.972. The fourth-order valence-electron chi connectivity index (χ4n) is 2.43. The number of nitrogens with one attached hydrogen (secondary N) is 1. The van der Waals surface area contributed by atoms with E-state index < -0.39 is 0 Å². The Morgan fingerprint density at radius 1 is 1.18 bits per heavy atom. The summed E-state index contributed by atoms with van der Waals surface area (Å²) in [7, 11) is 0. The predicted molar refractivity (Wildman–Crippen MR) is 95.6 cm³/mol. The fourth-order valence-corrected chi connectivity index (χ4v) is 2.43. The Balaban J connectivity index is 0.000000847. The Bertz CT molecular complexity index is 910. The molecule has 110 valence electrons. The average molecular weight is 288 g/mol. The van der Waals surface area contributed by atoms with Gasteiger partial charge in [0, 0.05) is 34.0 Å². The van der Waals surface area contributed by atoms with Gasteiger partial charge >= 0.3 is 0 Å². The smallest absolute Gasteiger partial charge is 0.0702 e. The van der Waals surface area contributed by atoms with Gasteiger partial charge in [0.1, 0.15) is 0 Å². The van der Waals surface area contributed by atoms with Crippen LogP contribution in [0.3, 0.4) is 0 Å². The highest BCUT2D eigenvalue weighted by Gasteiger charge is 2.03. The van der Waals surface area contributed by atoms with Gasteiger partial charge < -0.3 is 4.98 Å². The van der Waals surface area contributed by atoms with E-state index in [0.717, 1.165) is 32.7 Å². The Labute approximate surface area is 131 Å². The number of hydrogen-bond acceptors (Lipinski definition) is 1. The molecule has 0 aliphatic carbocycles.